The standard InChI is InChI=1S/C11H17N3O2S/c12-17(15,16)9-10-5-4-6-13-11(10)14-7-2-1-3-8-14/h4-6H,1-3,7-9H2,(H2,12,15,16). The van der Waals surface area contributed by atoms with Crippen LogP contribution < -0.4 is 10.0 Å². The lowest BCUT2D eigenvalue weighted by Crippen LogP contribution is -2.31. The summed E-state index contributed by atoms with van der Waals surface area (Å²) in [5.74, 6) is 0.619. The fourth-order valence-electron chi connectivity index (χ4n) is 2.15. The molecular weight excluding hydrogens is 238 g/mol. The van der Waals surface area contributed by atoms with Crippen molar-refractivity contribution in [3.05, 3.63) is 23.9 Å². The second kappa shape index (κ2) is 5.01. The van der Waals surface area contributed by atoms with Crippen molar-refractivity contribution in [3.8, 4) is 0 Å². The highest BCUT2D eigenvalue weighted by atomic mass is 32.2. The predicted molar refractivity (Wildman–Crippen MR) is 67.1 cm³/mol. The molecule has 1 aliphatic rings. The van der Waals surface area contributed by atoms with Gasteiger partial charge in [0, 0.05) is 24.8 Å². The van der Waals surface area contributed by atoms with Crippen molar-refractivity contribution in [1.29, 1.82) is 0 Å². The van der Waals surface area contributed by atoms with Gasteiger partial charge in [0.15, 0.2) is 0 Å². The van der Waals surface area contributed by atoms with E-state index in [4.69, 9.17) is 5.14 Å². The lowest BCUT2D eigenvalue weighted by atomic mass is 10.1. The van der Waals surface area contributed by atoms with E-state index in [1.165, 1.54) is 6.42 Å². The third kappa shape index (κ3) is 3.41. The molecule has 94 valence electrons. The van der Waals surface area contributed by atoms with Gasteiger partial charge in [0.25, 0.3) is 0 Å². The molecule has 6 heteroatoms. The minimum atomic E-state index is -3.51. The highest BCUT2D eigenvalue weighted by Crippen LogP contribution is 2.22. The molecule has 0 amide bonds. The summed E-state index contributed by atoms with van der Waals surface area (Å²) in [6, 6.07) is 3.52. The molecule has 17 heavy (non-hydrogen) atoms. The number of pyridine rings is 1. The molecule has 0 radical (unpaired) electrons. The number of sulfonamides is 1. The fraction of sp³-hybridized carbons (Fsp3) is 0.545. The molecule has 1 saturated heterocycles. The Morgan fingerprint density at radius 1 is 1.29 bits per heavy atom. The number of anilines is 1. The van der Waals surface area contributed by atoms with Gasteiger partial charge in [0.2, 0.25) is 10.0 Å². The molecule has 2 heterocycles. The third-order valence-electron chi connectivity index (χ3n) is 2.88. The Balaban J connectivity index is 2.26. The Morgan fingerprint density at radius 3 is 2.65 bits per heavy atom. The van der Waals surface area contributed by atoms with Crippen LogP contribution in [0, 0.1) is 0 Å². The molecule has 2 rings (SSSR count). The van der Waals surface area contributed by atoms with E-state index in [1.54, 1.807) is 18.3 Å². The van der Waals surface area contributed by atoms with E-state index < -0.39 is 10.0 Å². The van der Waals surface area contributed by atoms with Crippen molar-refractivity contribution in [2.75, 3.05) is 18.0 Å². The zero-order valence-electron chi connectivity index (χ0n) is 9.67. The number of piperidine rings is 1. The zero-order valence-corrected chi connectivity index (χ0v) is 10.5. The Kier molecular flexibility index (Phi) is 3.63. The van der Waals surface area contributed by atoms with Crippen LogP contribution in [0.5, 0.6) is 0 Å². The van der Waals surface area contributed by atoms with Crippen molar-refractivity contribution < 1.29 is 8.42 Å². The highest BCUT2D eigenvalue weighted by molar-refractivity contribution is 7.88. The van der Waals surface area contributed by atoms with Crippen LogP contribution in [0.2, 0.25) is 0 Å². The number of hydrogen-bond donors (Lipinski definition) is 1. The number of aromatic nitrogens is 1. The first-order chi connectivity index (χ1) is 8.06. The van der Waals surface area contributed by atoms with Gasteiger partial charge >= 0.3 is 0 Å². The van der Waals surface area contributed by atoms with Crippen LogP contribution in [0.3, 0.4) is 0 Å². The zero-order chi connectivity index (χ0) is 12.3. The van der Waals surface area contributed by atoms with Crippen LogP contribution in [0.1, 0.15) is 24.8 Å². The predicted octanol–water partition coefficient (Wildman–Crippen LogP) is 0.860. The summed E-state index contributed by atoms with van der Waals surface area (Å²) >= 11 is 0. The summed E-state index contributed by atoms with van der Waals surface area (Å²) in [7, 11) is -3.51. The van der Waals surface area contributed by atoms with Gasteiger partial charge in [-0.15, -0.1) is 0 Å². The Morgan fingerprint density at radius 2 is 2.00 bits per heavy atom. The maximum absolute atomic E-state index is 11.2. The van der Waals surface area contributed by atoms with Crippen molar-refractivity contribution >= 4 is 15.8 Å². The number of rotatable bonds is 3. The van der Waals surface area contributed by atoms with Crippen molar-refractivity contribution in [2.24, 2.45) is 5.14 Å². The van der Waals surface area contributed by atoms with E-state index in [2.05, 4.69) is 9.88 Å². The van der Waals surface area contributed by atoms with Gasteiger partial charge in [0.1, 0.15) is 5.82 Å². The van der Waals surface area contributed by atoms with E-state index in [0.29, 0.717) is 5.56 Å². The smallest absolute Gasteiger partial charge is 0.213 e. The van der Waals surface area contributed by atoms with Gasteiger partial charge in [0.05, 0.1) is 5.75 Å². The second-order valence-electron chi connectivity index (χ2n) is 4.34. The largest absolute Gasteiger partial charge is 0.356 e. The van der Waals surface area contributed by atoms with Crippen molar-refractivity contribution in [1.82, 2.24) is 4.98 Å². The van der Waals surface area contributed by atoms with Gasteiger partial charge in [-0.3, -0.25) is 0 Å². The quantitative estimate of drug-likeness (QED) is 0.869. The molecule has 0 saturated carbocycles. The minimum absolute atomic E-state index is 0.146. The van der Waals surface area contributed by atoms with E-state index in [1.807, 2.05) is 0 Å². The van der Waals surface area contributed by atoms with E-state index in [9.17, 15) is 8.42 Å². The normalized spacial score (nSPS) is 17.1. The number of nitrogens with zero attached hydrogens (tertiary/aromatic N) is 2. The Labute approximate surface area is 102 Å². The summed E-state index contributed by atoms with van der Waals surface area (Å²) in [6.07, 6.45) is 5.18. The first-order valence-corrected chi connectivity index (χ1v) is 7.47. The van der Waals surface area contributed by atoms with Crippen LogP contribution in [0.4, 0.5) is 5.82 Å². The summed E-state index contributed by atoms with van der Waals surface area (Å²) < 4.78 is 22.3. The first kappa shape index (κ1) is 12.3. The van der Waals surface area contributed by atoms with Crippen molar-refractivity contribution in [3.63, 3.8) is 0 Å². The molecule has 0 aromatic carbocycles. The minimum Gasteiger partial charge on any atom is -0.356 e. The lowest BCUT2D eigenvalue weighted by molar-refractivity contribution is 0.571. The summed E-state index contributed by atoms with van der Waals surface area (Å²) in [5.41, 5.74) is 0.692. The fourth-order valence-corrected chi connectivity index (χ4v) is 2.81. The Bertz CT molecular complexity index is 481. The molecule has 1 aromatic rings. The van der Waals surface area contributed by atoms with Gasteiger partial charge in [-0.2, -0.15) is 0 Å². The van der Waals surface area contributed by atoms with Gasteiger partial charge in [-0.25, -0.2) is 18.5 Å². The summed E-state index contributed by atoms with van der Waals surface area (Å²) in [4.78, 5) is 6.44. The van der Waals surface area contributed by atoms with E-state index >= 15 is 0 Å². The van der Waals surface area contributed by atoms with E-state index in [-0.39, 0.29) is 5.75 Å². The molecule has 2 N–H and O–H groups in total. The number of hydrogen-bond acceptors (Lipinski definition) is 4. The number of nitrogens with two attached hydrogens (primary N) is 1. The van der Waals surface area contributed by atoms with Gasteiger partial charge in [-0.1, -0.05) is 6.07 Å². The molecule has 0 bridgehead atoms. The van der Waals surface area contributed by atoms with E-state index in [0.717, 1.165) is 31.7 Å². The molecule has 1 fully saturated rings. The van der Waals surface area contributed by atoms with Crippen LogP contribution >= 0.6 is 0 Å². The highest BCUT2D eigenvalue weighted by Gasteiger charge is 2.17. The molecular formula is C11H17N3O2S. The monoisotopic (exact) mass is 255 g/mol. The summed E-state index contributed by atoms with van der Waals surface area (Å²) in [5, 5.41) is 5.09. The molecule has 1 aromatic heterocycles. The molecule has 0 aliphatic carbocycles. The topological polar surface area (TPSA) is 76.3 Å². The Hall–Kier alpha value is -1.14. The van der Waals surface area contributed by atoms with Crippen LogP contribution in [-0.4, -0.2) is 26.5 Å². The van der Waals surface area contributed by atoms with Gasteiger partial charge in [-0.05, 0) is 25.3 Å². The van der Waals surface area contributed by atoms with Crippen LogP contribution in [-0.2, 0) is 15.8 Å². The third-order valence-corrected chi connectivity index (χ3v) is 3.59. The van der Waals surface area contributed by atoms with Gasteiger partial charge < -0.3 is 4.90 Å². The summed E-state index contributed by atoms with van der Waals surface area (Å²) in [6.45, 7) is 1.88. The second-order valence-corrected chi connectivity index (χ2v) is 5.96. The van der Waals surface area contributed by atoms with Crippen molar-refractivity contribution in [2.45, 2.75) is 25.0 Å². The average molecular weight is 255 g/mol. The van der Waals surface area contributed by atoms with Crippen LogP contribution in [0.15, 0.2) is 18.3 Å². The average Bonchev–Trinajstić information content (AvgIpc) is 2.29. The molecule has 5 nitrogen and oxygen atoms in total. The first-order valence-electron chi connectivity index (χ1n) is 5.75. The number of primary sulfonamides is 1. The molecule has 0 unspecified atom stereocenters. The maximum atomic E-state index is 11.2. The molecule has 0 atom stereocenters. The van der Waals surface area contributed by atoms with Crippen LogP contribution in [0.25, 0.3) is 0 Å². The molecule has 0 spiro atoms. The lowest BCUT2D eigenvalue weighted by Gasteiger charge is -2.29. The molecule has 1 aliphatic heterocycles. The maximum Gasteiger partial charge on any atom is 0.213 e. The SMILES string of the molecule is NS(=O)(=O)Cc1cccnc1N1CCCCC1.